The van der Waals surface area contributed by atoms with Gasteiger partial charge in [-0.3, -0.25) is 0 Å². The highest BCUT2D eigenvalue weighted by Gasteiger charge is 2.20. The predicted octanol–water partition coefficient (Wildman–Crippen LogP) is 4.72. The summed E-state index contributed by atoms with van der Waals surface area (Å²) in [5.74, 6) is 1.02. The molecule has 1 aliphatic rings. The second kappa shape index (κ2) is 8.95. The van der Waals surface area contributed by atoms with Gasteiger partial charge < -0.3 is 10.1 Å². The van der Waals surface area contributed by atoms with Crippen molar-refractivity contribution in [2.75, 3.05) is 13.2 Å². The number of hydrogen-bond acceptors (Lipinski definition) is 2. The maximum atomic E-state index is 5.85. The maximum absolute atomic E-state index is 5.85. The van der Waals surface area contributed by atoms with E-state index in [0.717, 1.165) is 38.2 Å². The second-order valence-corrected chi connectivity index (χ2v) is 6.01. The number of halogens is 1. The van der Waals surface area contributed by atoms with Crippen molar-refractivity contribution < 1.29 is 4.74 Å². The molecule has 0 bridgehead atoms. The summed E-state index contributed by atoms with van der Waals surface area (Å²) >= 11 is 0. The molecule has 0 radical (unpaired) electrons. The Bertz CT molecular complexity index is 600. The summed E-state index contributed by atoms with van der Waals surface area (Å²) in [4.78, 5) is 0. The van der Waals surface area contributed by atoms with Gasteiger partial charge in [0.1, 0.15) is 5.75 Å². The van der Waals surface area contributed by atoms with E-state index < -0.39 is 0 Å². The highest BCUT2D eigenvalue weighted by molar-refractivity contribution is 5.85. The van der Waals surface area contributed by atoms with Crippen LogP contribution in [0.5, 0.6) is 5.75 Å². The molecule has 3 heteroatoms. The normalized spacial score (nSPS) is 16.3. The smallest absolute Gasteiger partial charge is 0.119 e. The number of benzene rings is 2. The lowest BCUT2D eigenvalue weighted by Gasteiger charge is -2.27. The van der Waals surface area contributed by atoms with Gasteiger partial charge in [0.25, 0.3) is 0 Å². The predicted molar refractivity (Wildman–Crippen MR) is 98.7 cm³/mol. The third kappa shape index (κ3) is 4.73. The summed E-state index contributed by atoms with van der Waals surface area (Å²) in [6, 6.07) is 17.7. The molecule has 2 nitrogen and oxygen atoms in total. The molecule has 0 aliphatic carbocycles. The summed E-state index contributed by atoms with van der Waals surface area (Å²) in [6.07, 6.45) is 4.43. The van der Waals surface area contributed by atoms with Gasteiger partial charge in [0.15, 0.2) is 0 Å². The van der Waals surface area contributed by atoms with Crippen molar-refractivity contribution in [2.45, 2.75) is 38.6 Å². The Labute approximate surface area is 145 Å². The molecular formula is C20H26ClNO. The minimum Gasteiger partial charge on any atom is -0.494 e. The first-order valence-electron chi connectivity index (χ1n) is 8.39. The molecule has 0 saturated heterocycles. The van der Waals surface area contributed by atoms with Crippen molar-refractivity contribution in [3.8, 4) is 5.75 Å². The van der Waals surface area contributed by atoms with Gasteiger partial charge >= 0.3 is 0 Å². The summed E-state index contributed by atoms with van der Waals surface area (Å²) in [7, 11) is 0. The Morgan fingerprint density at radius 3 is 2.74 bits per heavy atom. The number of ether oxygens (including phenoxy) is 1. The third-order valence-electron chi connectivity index (χ3n) is 4.32. The molecule has 2 aromatic rings. The molecule has 23 heavy (non-hydrogen) atoms. The maximum Gasteiger partial charge on any atom is 0.119 e. The van der Waals surface area contributed by atoms with Crippen LogP contribution in [0.15, 0.2) is 48.5 Å². The zero-order valence-electron chi connectivity index (χ0n) is 13.8. The standard InChI is InChI=1S/C20H25NO.ClH/c1-2-3-13-22-18-9-10-19-17(15-18)11-12-21-20(19)14-16-7-5-4-6-8-16;/h4-10,15,20-21H,2-3,11-14H2,1H3;1H. The SMILES string of the molecule is CCCCOc1ccc2c(c1)CCNC2Cc1ccccc1.Cl. The molecule has 1 N–H and O–H groups in total. The Balaban J connectivity index is 0.00000192. The number of nitrogens with one attached hydrogen (secondary N) is 1. The fourth-order valence-electron chi connectivity index (χ4n) is 3.09. The number of unbranched alkanes of at least 4 members (excludes halogenated alkanes) is 1. The van der Waals surface area contributed by atoms with E-state index in [1.807, 2.05) is 0 Å². The van der Waals surface area contributed by atoms with E-state index in [1.165, 1.54) is 23.1 Å². The zero-order chi connectivity index (χ0) is 15.2. The molecule has 0 spiro atoms. The van der Waals surface area contributed by atoms with Crippen LogP contribution in [-0.4, -0.2) is 13.2 Å². The van der Waals surface area contributed by atoms with Gasteiger partial charge in [0, 0.05) is 6.04 Å². The minimum atomic E-state index is 0. The van der Waals surface area contributed by atoms with Crippen LogP contribution in [0.1, 0.15) is 42.5 Å². The highest BCUT2D eigenvalue weighted by Crippen LogP contribution is 2.29. The fourth-order valence-corrected chi connectivity index (χ4v) is 3.09. The zero-order valence-corrected chi connectivity index (χ0v) is 14.6. The van der Waals surface area contributed by atoms with Gasteiger partial charge in [-0.2, -0.15) is 0 Å². The highest BCUT2D eigenvalue weighted by atomic mass is 35.5. The van der Waals surface area contributed by atoms with E-state index in [-0.39, 0.29) is 12.4 Å². The van der Waals surface area contributed by atoms with E-state index in [4.69, 9.17) is 4.74 Å². The van der Waals surface area contributed by atoms with Crippen LogP contribution in [0, 0.1) is 0 Å². The first kappa shape index (κ1) is 17.8. The summed E-state index contributed by atoms with van der Waals surface area (Å²) < 4.78 is 5.85. The lowest BCUT2D eigenvalue weighted by molar-refractivity contribution is 0.308. The summed E-state index contributed by atoms with van der Waals surface area (Å²) in [6.45, 7) is 4.06. The van der Waals surface area contributed by atoms with Gasteiger partial charge in [0.05, 0.1) is 6.61 Å². The molecule has 3 rings (SSSR count). The van der Waals surface area contributed by atoms with Crippen molar-refractivity contribution >= 4 is 12.4 Å². The first-order valence-corrected chi connectivity index (χ1v) is 8.39. The van der Waals surface area contributed by atoms with E-state index in [1.54, 1.807) is 0 Å². The van der Waals surface area contributed by atoms with E-state index in [2.05, 4.69) is 60.8 Å². The van der Waals surface area contributed by atoms with Gasteiger partial charge in [-0.1, -0.05) is 49.7 Å². The molecule has 0 amide bonds. The minimum absolute atomic E-state index is 0. The van der Waals surface area contributed by atoms with Crippen molar-refractivity contribution in [2.24, 2.45) is 0 Å². The van der Waals surface area contributed by atoms with E-state index in [9.17, 15) is 0 Å². The Morgan fingerprint density at radius 2 is 1.96 bits per heavy atom. The van der Waals surface area contributed by atoms with Crippen molar-refractivity contribution in [3.63, 3.8) is 0 Å². The molecule has 1 heterocycles. The van der Waals surface area contributed by atoms with Crippen molar-refractivity contribution in [3.05, 3.63) is 65.2 Å². The second-order valence-electron chi connectivity index (χ2n) is 6.01. The Hall–Kier alpha value is -1.51. The van der Waals surface area contributed by atoms with E-state index in [0.29, 0.717) is 6.04 Å². The van der Waals surface area contributed by atoms with Crippen molar-refractivity contribution in [1.29, 1.82) is 0 Å². The van der Waals surface area contributed by atoms with E-state index >= 15 is 0 Å². The Morgan fingerprint density at radius 1 is 1.13 bits per heavy atom. The van der Waals surface area contributed by atoms with Gasteiger partial charge in [-0.25, -0.2) is 0 Å². The van der Waals surface area contributed by atoms with Gasteiger partial charge in [-0.15, -0.1) is 12.4 Å². The van der Waals surface area contributed by atoms with Crippen LogP contribution >= 0.6 is 12.4 Å². The van der Waals surface area contributed by atoms with Crippen LogP contribution < -0.4 is 10.1 Å². The monoisotopic (exact) mass is 331 g/mol. The molecule has 0 fully saturated rings. The summed E-state index contributed by atoms with van der Waals surface area (Å²) in [5.41, 5.74) is 4.25. The molecule has 1 unspecified atom stereocenters. The quantitative estimate of drug-likeness (QED) is 0.773. The van der Waals surface area contributed by atoms with Crippen LogP contribution in [0.4, 0.5) is 0 Å². The lowest BCUT2D eigenvalue weighted by atomic mass is 9.90. The van der Waals surface area contributed by atoms with Crippen molar-refractivity contribution in [1.82, 2.24) is 5.32 Å². The number of hydrogen-bond donors (Lipinski definition) is 1. The van der Waals surface area contributed by atoms with Gasteiger partial charge in [0.2, 0.25) is 0 Å². The van der Waals surface area contributed by atoms with Crippen LogP contribution in [0.3, 0.4) is 0 Å². The third-order valence-corrected chi connectivity index (χ3v) is 4.32. The average Bonchev–Trinajstić information content (AvgIpc) is 2.56. The average molecular weight is 332 g/mol. The lowest BCUT2D eigenvalue weighted by Crippen LogP contribution is -2.31. The molecule has 1 aliphatic heterocycles. The fraction of sp³-hybridized carbons (Fsp3) is 0.400. The van der Waals surface area contributed by atoms with Gasteiger partial charge in [-0.05, 0) is 54.6 Å². The molecule has 2 aromatic carbocycles. The van der Waals surface area contributed by atoms with Crippen LogP contribution in [-0.2, 0) is 12.8 Å². The number of rotatable bonds is 6. The first-order chi connectivity index (χ1) is 10.9. The molecule has 0 aromatic heterocycles. The summed E-state index contributed by atoms with van der Waals surface area (Å²) in [5, 5.41) is 3.65. The van der Waals surface area contributed by atoms with Crippen LogP contribution in [0.25, 0.3) is 0 Å². The number of fused-ring (bicyclic) bond motifs is 1. The van der Waals surface area contributed by atoms with Crippen LogP contribution in [0.2, 0.25) is 0 Å². The molecular weight excluding hydrogens is 306 g/mol. The largest absolute Gasteiger partial charge is 0.494 e. The molecule has 124 valence electrons. The Kier molecular flexibility index (Phi) is 6.94. The molecule has 1 atom stereocenters. The topological polar surface area (TPSA) is 21.3 Å². The molecule has 0 saturated carbocycles.